The Kier molecular flexibility index (Phi) is 4.47. The normalized spacial score (nSPS) is 22.8. The lowest BCUT2D eigenvalue weighted by Gasteiger charge is -2.40. The van der Waals surface area contributed by atoms with E-state index in [-0.39, 0.29) is 0 Å². The van der Waals surface area contributed by atoms with Gasteiger partial charge in [0, 0.05) is 13.5 Å². The average Bonchev–Trinajstić information content (AvgIpc) is 2.45. The van der Waals surface area contributed by atoms with Gasteiger partial charge in [0.05, 0.1) is 0 Å². The van der Waals surface area contributed by atoms with Crippen molar-refractivity contribution >= 4 is 5.97 Å². The molecule has 0 radical (unpaired) electrons. The van der Waals surface area contributed by atoms with Crippen molar-refractivity contribution in [3.63, 3.8) is 0 Å². The molecule has 1 atom stereocenters. The van der Waals surface area contributed by atoms with Gasteiger partial charge in [0.1, 0.15) is 5.41 Å². The van der Waals surface area contributed by atoms with E-state index in [1.54, 1.807) is 0 Å². The number of alkyl halides is 2. The zero-order valence-electron chi connectivity index (χ0n) is 10.2. The number of aliphatic carboxylic acids is 1. The molecular formula is C12H21F2NO2. The molecule has 1 aliphatic carbocycles. The molecule has 3 N–H and O–H groups in total. The summed E-state index contributed by atoms with van der Waals surface area (Å²) in [4.78, 5) is 11.4. The van der Waals surface area contributed by atoms with E-state index in [1.807, 2.05) is 0 Å². The van der Waals surface area contributed by atoms with Gasteiger partial charge in [0.15, 0.2) is 0 Å². The van der Waals surface area contributed by atoms with Gasteiger partial charge < -0.3 is 10.8 Å². The summed E-state index contributed by atoms with van der Waals surface area (Å²) in [7, 11) is 0. The predicted molar refractivity (Wildman–Crippen MR) is 60.9 cm³/mol. The van der Waals surface area contributed by atoms with E-state index in [4.69, 9.17) is 5.73 Å². The van der Waals surface area contributed by atoms with Crippen LogP contribution in [-0.2, 0) is 4.79 Å². The highest BCUT2D eigenvalue weighted by Gasteiger charge is 2.59. The van der Waals surface area contributed by atoms with Gasteiger partial charge in [0.25, 0.3) is 5.92 Å². The zero-order chi connectivity index (χ0) is 13.1. The molecule has 0 heterocycles. The molecule has 3 nitrogen and oxygen atoms in total. The minimum atomic E-state index is -3.29. The second-order valence-corrected chi connectivity index (χ2v) is 5.06. The predicted octanol–water partition coefficient (Wildman–Crippen LogP) is 2.64. The summed E-state index contributed by atoms with van der Waals surface area (Å²) in [6.45, 7) is 0.176. The Hall–Kier alpha value is -0.710. The van der Waals surface area contributed by atoms with E-state index in [0.29, 0.717) is 19.8 Å². The van der Waals surface area contributed by atoms with Crippen molar-refractivity contribution in [1.82, 2.24) is 0 Å². The van der Waals surface area contributed by atoms with Crippen molar-refractivity contribution in [2.75, 3.05) is 6.54 Å². The third kappa shape index (κ3) is 2.59. The van der Waals surface area contributed by atoms with E-state index < -0.39 is 29.8 Å². The standard InChI is InChI=1S/C12H21F2NO2/c1-11(13,14)12(8-15,10(16)17)9-6-4-2-3-5-7-9/h9H,2-8,15H2,1H3,(H,16,17). The Morgan fingerprint density at radius 3 is 2.06 bits per heavy atom. The fourth-order valence-electron chi connectivity index (χ4n) is 2.93. The molecular weight excluding hydrogens is 228 g/mol. The molecule has 0 aliphatic heterocycles. The Labute approximate surface area is 100 Å². The number of hydrogen-bond acceptors (Lipinski definition) is 2. The van der Waals surface area contributed by atoms with Gasteiger partial charge in [-0.2, -0.15) is 0 Å². The lowest BCUT2D eigenvalue weighted by Crippen LogP contribution is -2.56. The van der Waals surface area contributed by atoms with Crippen LogP contribution in [0.15, 0.2) is 0 Å². The van der Waals surface area contributed by atoms with Gasteiger partial charge in [-0.05, 0) is 18.8 Å². The smallest absolute Gasteiger partial charge is 0.317 e. The van der Waals surface area contributed by atoms with Crippen LogP contribution in [-0.4, -0.2) is 23.5 Å². The highest BCUT2D eigenvalue weighted by Crippen LogP contribution is 2.47. The summed E-state index contributed by atoms with van der Waals surface area (Å²) in [5.41, 5.74) is 3.32. The Bertz CT molecular complexity index is 270. The van der Waals surface area contributed by atoms with Crippen molar-refractivity contribution in [2.24, 2.45) is 17.1 Å². The number of carboxylic acids is 1. The van der Waals surface area contributed by atoms with E-state index in [9.17, 15) is 18.7 Å². The second kappa shape index (κ2) is 5.29. The maximum atomic E-state index is 13.7. The van der Waals surface area contributed by atoms with Crippen LogP contribution in [0.3, 0.4) is 0 Å². The Morgan fingerprint density at radius 2 is 1.76 bits per heavy atom. The summed E-state index contributed by atoms with van der Waals surface area (Å²) < 4.78 is 27.5. The molecule has 0 aromatic heterocycles. The molecule has 1 aliphatic rings. The topological polar surface area (TPSA) is 63.3 Å². The first-order valence-electron chi connectivity index (χ1n) is 6.17. The molecule has 100 valence electrons. The number of halogens is 2. The molecule has 0 bridgehead atoms. The van der Waals surface area contributed by atoms with E-state index in [0.717, 1.165) is 25.7 Å². The van der Waals surface area contributed by atoms with Crippen molar-refractivity contribution < 1.29 is 18.7 Å². The van der Waals surface area contributed by atoms with Crippen molar-refractivity contribution in [1.29, 1.82) is 0 Å². The molecule has 1 rings (SSSR count). The summed E-state index contributed by atoms with van der Waals surface area (Å²) in [5, 5.41) is 9.24. The molecule has 0 saturated heterocycles. The number of rotatable bonds is 4. The molecule has 5 heteroatoms. The van der Waals surface area contributed by atoms with Gasteiger partial charge in [-0.15, -0.1) is 0 Å². The summed E-state index contributed by atoms with van der Waals surface area (Å²) in [5.74, 6) is -5.27. The lowest BCUT2D eigenvalue weighted by atomic mass is 9.67. The number of hydrogen-bond donors (Lipinski definition) is 2. The van der Waals surface area contributed by atoms with Gasteiger partial charge >= 0.3 is 5.97 Å². The van der Waals surface area contributed by atoms with E-state index >= 15 is 0 Å². The van der Waals surface area contributed by atoms with E-state index in [1.165, 1.54) is 0 Å². The monoisotopic (exact) mass is 249 g/mol. The minimum Gasteiger partial charge on any atom is -0.481 e. The van der Waals surface area contributed by atoms with Crippen LogP contribution >= 0.6 is 0 Å². The Morgan fingerprint density at radius 1 is 1.29 bits per heavy atom. The maximum absolute atomic E-state index is 13.7. The third-order valence-electron chi connectivity index (χ3n) is 4.04. The van der Waals surface area contributed by atoms with Gasteiger partial charge in [-0.25, -0.2) is 8.78 Å². The van der Waals surface area contributed by atoms with Crippen LogP contribution in [0.4, 0.5) is 8.78 Å². The van der Waals surface area contributed by atoms with Crippen LogP contribution < -0.4 is 5.73 Å². The van der Waals surface area contributed by atoms with E-state index in [2.05, 4.69) is 0 Å². The lowest BCUT2D eigenvalue weighted by molar-refractivity contribution is -0.185. The maximum Gasteiger partial charge on any atom is 0.317 e. The molecule has 0 aromatic rings. The summed E-state index contributed by atoms with van der Waals surface area (Å²) >= 11 is 0. The van der Waals surface area contributed by atoms with Crippen molar-refractivity contribution in [3.05, 3.63) is 0 Å². The fraction of sp³-hybridized carbons (Fsp3) is 0.917. The summed E-state index contributed by atoms with van der Waals surface area (Å²) in [6.07, 6.45) is 4.68. The first-order valence-corrected chi connectivity index (χ1v) is 6.17. The first kappa shape index (κ1) is 14.4. The molecule has 0 spiro atoms. The van der Waals surface area contributed by atoms with Crippen LogP contribution in [0.2, 0.25) is 0 Å². The SMILES string of the molecule is CC(F)(F)C(CN)(C(=O)O)C1CCCCCC1. The summed E-state index contributed by atoms with van der Waals surface area (Å²) in [6, 6.07) is 0. The number of carbonyl (C=O) groups is 1. The first-order chi connectivity index (χ1) is 7.86. The molecule has 1 saturated carbocycles. The molecule has 17 heavy (non-hydrogen) atoms. The minimum absolute atomic E-state index is 0.503. The largest absolute Gasteiger partial charge is 0.481 e. The average molecular weight is 249 g/mol. The fourth-order valence-corrected chi connectivity index (χ4v) is 2.93. The van der Waals surface area contributed by atoms with Crippen LogP contribution in [0.1, 0.15) is 45.4 Å². The van der Waals surface area contributed by atoms with Crippen molar-refractivity contribution in [3.8, 4) is 0 Å². The van der Waals surface area contributed by atoms with Gasteiger partial charge in [0.2, 0.25) is 0 Å². The van der Waals surface area contributed by atoms with Crippen LogP contribution in [0, 0.1) is 11.3 Å². The quantitative estimate of drug-likeness (QED) is 0.753. The molecule has 1 unspecified atom stereocenters. The Balaban J connectivity index is 3.07. The van der Waals surface area contributed by atoms with Crippen LogP contribution in [0.5, 0.6) is 0 Å². The second-order valence-electron chi connectivity index (χ2n) is 5.06. The highest BCUT2D eigenvalue weighted by molar-refractivity contribution is 5.76. The highest BCUT2D eigenvalue weighted by atomic mass is 19.3. The zero-order valence-corrected chi connectivity index (χ0v) is 10.2. The third-order valence-corrected chi connectivity index (χ3v) is 4.04. The van der Waals surface area contributed by atoms with Gasteiger partial charge in [-0.3, -0.25) is 4.79 Å². The number of carboxylic acid groups (broad SMARTS) is 1. The molecule has 0 aromatic carbocycles. The van der Waals surface area contributed by atoms with Crippen molar-refractivity contribution in [2.45, 2.75) is 51.4 Å². The molecule has 1 fully saturated rings. The van der Waals surface area contributed by atoms with Crippen LogP contribution in [0.25, 0.3) is 0 Å². The number of nitrogens with two attached hydrogens (primary N) is 1. The molecule has 0 amide bonds. The van der Waals surface area contributed by atoms with Gasteiger partial charge in [-0.1, -0.05) is 25.7 Å².